The van der Waals surface area contributed by atoms with Crippen molar-refractivity contribution in [2.75, 3.05) is 0 Å². The van der Waals surface area contributed by atoms with E-state index in [1.54, 1.807) is 12.3 Å². The summed E-state index contributed by atoms with van der Waals surface area (Å²) in [6, 6.07) is 10.2. The van der Waals surface area contributed by atoms with E-state index in [1.807, 2.05) is 0 Å². The summed E-state index contributed by atoms with van der Waals surface area (Å²) in [5.74, 6) is 0.308. The Bertz CT molecular complexity index is 1140. The second kappa shape index (κ2) is 9.05. The molecule has 0 unspecified atom stereocenters. The van der Waals surface area contributed by atoms with E-state index < -0.39 is 0 Å². The van der Waals surface area contributed by atoms with Crippen LogP contribution in [0, 0.1) is 18.3 Å². The monoisotopic (exact) mass is 431 g/mol. The van der Waals surface area contributed by atoms with Crippen LogP contribution in [0.5, 0.6) is 0 Å². The lowest BCUT2D eigenvalue weighted by Crippen LogP contribution is -2.29. The van der Waals surface area contributed by atoms with Gasteiger partial charge in [-0.3, -0.25) is 9.59 Å². The Labute approximate surface area is 192 Å². The summed E-state index contributed by atoms with van der Waals surface area (Å²) in [5.41, 5.74) is 6.57. The molecule has 0 saturated heterocycles. The fourth-order valence-corrected chi connectivity index (χ4v) is 4.83. The molecule has 0 aliphatic heterocycles. The third kappa shape index (κ3) is 4.72. The lowest BCUT2D eigenvalue weighted by Gasteiger charge is -2.35. The van der Waals surface area contributed by atoms with Crippen LogP contribution in [0.2, 0.25) is 0 Å². The normalized spacial score (nSPS) is 15.8. The van der Waals surface area contributed by atoms with Crippen molar-refractivity contribution in [3.63, 3.8) is 0 Å². The van der Waals surface area contributed by atoms with Crippen LogP contribution in [0.1, 0.15) is 94.0 Å². The van der Waals surface area contributed by atoms with Gasteiger partial charge in [-0.15, -0.1) is 0 Å². The van der Waals surface area contributed by atoms with E-state index >= 15 is 0 Å². The second-order valence-electron chi connectivity index (χ2n) is 10.3. The maximum absolute atomic E-state index is 13.0. The minimum atomic E-state index is -0.215. The molecule has 32 heavy (non-hydrogen) atoms. The molecule has 3 nitrogen and oxygen atoms in total. The molecule has 1 aromatic heterocycles. The van der Waals surface area contributed by atoms with Crippen molar-refractivity contribution < 1.29 is 4.79 Å². The molecule has 0 amide bonds. The topological polar surface area (TPSA) is 39.1 Å². The SMILES string of the molecule is C=C(/C(=C(\C)c1cc(=O)c(C(C)=O)cn1[C@@H](CC)C(C)(C)C)c1ccccc1C)C1CC1. The number of aromatic nitrogens is 1. The zero-order valence-corrected chi connectivity index (χ0v) is 20.7. The number of aryl methyl sites for hydroxylation is 1. The number of allylic oxidation sites excluding steroid dienone is 3. The fraction of sp³-hybridized carbons (Fsp3) is 0.448. The van der Waals surface area contributed by atoms with Gasteiger partial charge in [-0.2, -0.15) is 0 Å². The van der Waals surface area contributed by atoms with Crippen molar-refractivity contribution in [2.24, 2.45) is 11.3 Å². The Balaban J connectivity index is 2.38. The molecule has 1 fully saturated rings. The largest absolute Gasteiger partial charge is 0.343 e. The summed E-state index contributed by atoms with van der Waals surface area (Å²) in [7, 11) is 0. The number of carbonyl (C=O) groups excluding carboxylic acids is 1. The Morgan fingerprint density at radius 3 is 2.28 bits per heavy atom. The predicted octanol–water partition coefficient (Wildman–Crippen LogP) is 7.25. The third-order valence-corrected chi connectivity index (χ3v) is 6.75. The summed E-state index contributed by atoms with van der Waals surface area (Å²) in [5, 5.41) is 0. The van der Waals surface area contributed by atoms with E-state index in [0.717, 1.165) is 41.7 Å². The van der Waals surface area contributed by atoms with Crippen molar-refractivity contribution in [3.05, 3.63) is 81.3 Å². The number of pyridine rings is 1. The maximum Gasteiger partial charge on any atom is 0.192 e. The standard InChI is InChI=1S/C29H37NO2/c1-9-27(29(6,7)8)30-17-24(21(5)31)26(32)16-25(30)20(4)28(19(3)22-14-15-22)23-13-11-10-12-18(23)2/h10-13,16-17,22,27H,3,9,14-15H2,1-2,4-8H3/b28-20-/t27-/m0/s1. The van der Waals surface area contributed by atoms with Crippen molar-refractivity contribution in [3.8, 4) is 0 Å². The number of benzene rings is 1. The van der Waals surface area contributed by atoms with Crippen LogP contribution in [0.25, 0.3) is 11.1 Å². The van der Waals surface area contributed by atoms with Crippen molar-refractivity contribution in [1.82, 2.24) is 4.57 Å². The number of rotatable bonds is 7. The van der Waals surface area contributed by atoms with Gasteiger partial charge in [0, 0.05) is 24.0 Å². The molecule has 1 saturated carbocycles. The third-order valence-electron chi connectivity index (χ3n) is 6.75. The van der Waals surface area contributed by atoms with Crippen LogP contribution in [0.4, 0.5) is 0 Å². The van der Waals surface area contributed by atoms with E-state index in [-0.39, 0.29) is 28.2 Å². The zero-order chi connectivity index (χ0) is 23.8. The molecule has 0 spiro atoms. The van der Waals surface area contributed by atoms with Gasteiger partial charge >= 0.3 is 0 Å². The molecule has 1 heterocycles. The minimum absolute atomic E-state index is 0.0385. The Hall–Kier alpha value is -2.68. The molecule has 170 valence electrons. The number of carbonyl (C=O) groups is 1. The molecule has 1 aliphatic rings. The quantitative estimate of drug-likeness (QED) is 0.342. The summed E-state index contributed by atoms with van der Waals surface area (Å²) in [6.45, 7) is 19.0. The van der Waals surface area contributed by atoms with Gasteiger partial charge in [-0.1, -0.05) is 58.5 Å². The minimum Gasteiger partial charge on any atom is -0.343 e. The van der Waals surface area contributed by atoms with Gasteiger partial charge < -0.3 is 4.57 Å². The Morgan fingerprint density at radius 2 is 1.78 bits per heavy atom. The first kappa shape index (κ1) is 24.0. The number of Topliss-reactive ketones (excluding diaryl/α,β-unsaturated/α-hetero) is 1. The van der Waals surface area contributed by atoms with Gasteiger partial charge in [0.05, 0.1) is 5.56 Å². The smallest absolute Gasteiger partial charge is 0.192 e. The fourth-order valence-electron chi connectivity index (χ4n) is 4.83. The van der Waals surface area contributed by atoms with Gasteiger partial charge in [-0.25, -0.2) is 0 Å². The van der Waals surface area contributed by atoms with Crippen molar-refractivity contribution in [2.45, 2.75) is 73.8 Å². The zero-order valence-electron chi connectivity index (χ0n) is 20.7. The Morgan fingerprint density at radius 1 is 1.16 bits per heavy atom. The summed E-state index contributed by atoms with van der Waals surface area (Å²) in [4.78, 5) is 25.2. The van der Waals surface area contributed by atoms with E-state index in [2.05, 4.69) is 77.0 Å². The van der Waals surface area contributed by atoms with E-state index in [0.29, 0.717) is 5.92 Å². The van der Waals surface area contributed by atoms with Crippen LogP contribution in [-0.4, -0.2) is 10.4 Å². The lowest BCUT2D eigenvalue weighted by molar-refractivity contribution is 0.101. The molecule has 0 bridgehead atoms. The van der Waals surface area contributed by atoms with Crippen molar-refractivity contribution >= 4 is 16.9 Å². The molecular weight excluding hydrogens is 394 g/mol. The van der Waals surface area contributed by atoms with Crippen LogP contribution in [0.3, 0.4) is 0 Å². The highest BCUT2D eigenvalue weighted by molar-refractivity contribution is 5.98. The average molecular weight is 432 g/mol. The first-order valence-electron chi connectivity index (χ1n) is 11.7. The van der Waals surface area contributed by atoms with Crippen LogP contribution in [-0.2, 0) is 0 Å². The average Bonchev–Trinajstić information content (AvgIpc) is 3.54. The van der Waals surface area contributed by atoms with Crippen LogP contribution < -0.4 is 5.43 Å². The lowest BCUT2D eigenvalue weighted by atomic mass is 9.83. The van der Waals surface area contributed by atoms with E-state index in [4.69, 9.17) is 0 Å². The van der Waals surface area contributed by atoms with Gasteiger partial charge in [-0.05, 0) is 79.2 Å². The predicted molar refractivity (Wildman–Crippen MR) is 135 cm³/mol. The van der Waals surface area contributed by atoms with Crippen LogP contribution >= 0.6 is 0 Å². The summed E-state index contributed by atoms with van der Waals surface area (Å²) in [6.07, 6.45) is 5.01. The highest BCUT2D eigenvalue weighted by Crippen LogP contribution is 2.46. The van der Waals surface area contributed by atoms with Crippen molar-refractivity contribution in [1.29, 1.82) is 0 Å². The van der Waals surface area contributed by atoms with Gasteiger partial charge in [0.15, 0.2) is 11.2 Å². The number of hydrogen-bond acceptors (Lipinski definition) is 2. The van der Waals surface area contributed by atoms with Crippen LogP contribution in [0.15, 0.2) is 53.5 Å². The molecule has 0 N–H and O–H groups in total. The second-order valence-corrected chi connectivity index (χ2v) is 10.3. The molecule has 0 radical (unpaired) electrons. The first-order chi connectivity index (χ1) is 15.0. The number of ketones is 1. The van der Waals surface area contributed by atoms with E-state index in [1.165, 1.54) is 18.1 Å². The summed E-state index contributed by atoms with van der Waals surface area (Å²) < 4.78 is 2.17. The first-order valence-corrected chi connectivity index (χ1v) is 11.7. The highest BCUT2D eigenvalue weighted by Gasteiger charge is 2.31. The molecule has 1 aromatic carbocycles. The van der Waals surface area contributed by atoms with Gasteiger partial charge in [0.1, 0.15) is 0 Å². The molecule has 1 atom stereocenters. The molecular formula is C29H37NO2. The molecule has 2 aromatic rings. The molecule has 3 heteroatoms. The molecule has 3 rings (SSSR count). The van der Waals surface area contributed by atoms with Gasteiger partial charge in [0.25, 0.3) is 0 Å². The maximum atomic E-state index is 13.0. The Kier molecular flexibility index (Phi) is 6.78. The number of nitrogens with zero attached hydrogens (tertiary/aromatic N) is 1. The van der Waals surface area contributed by atoms with Gasteiger partial charge in [0.2, 0.25) is 0 Å². The molecule has 1 aliphatic carbocycles. The number of hydrogen-bond donors (Lipinski definition) is 0. The highest BCUT2D eigenvalue weighted by atomic mass is 16.1. The summed E-state index contributed by atoms with van der Waals surface area (Å²) >= 11 is 0. The van der Waals surface area contributed by atoms with E-state index in [9.17, 15) is 9.59 Å².